The molecule has 4 fully saturated rings. The number of fused-ring (bicyclic) bond motifs is 2. The van der Waals surface area contributed by atoms with Crippen molar-refractivity contribution >= 4 is 6.29 Å². The number of hydrogen-bond donors (Lipinski definition) is 3. The quantitative estimate of drug-likeness (QED) is 0.558. The van der Waals surface area contributed by atoms with Gasteiger partial charge < -0.3 is 15.5 Å². The maximum absolute atomic E-state index is 11.2. The van der Waals surface area contributed by atoms with Crippen LogP contribution in [0, 0.1) is 11.8 Å². The molecule has 0 bridgehead atoms. The standard InChI is InChI=1S/C22H30N2O3/c1-13(15-4-2-14(11-25)3-5-15)20-10-17(22(27)12-24(20)22)19-7-6-16-18(23-19)8-9-21(16)26/h2-5,11,13,16-21,23,26-27H,6-10,12H2,1H3. The molecule has 146 valence electrons. The number of aliphatic hydroxyl groups excluding tert-OH is 1. The van der Waals surface area contributed by atoms with Gasteiger partial charge in [-0.05, 0) is 43.6 Å². The van der Waals surface area contributed by atoms with E-state index in [1.807, 2.05) is 24.3 Å². The van der Waals surface area contributed by atoms with Gasteiger partial charge in [-0.2, -0.15) is 0 Å². The Balaban J connectivity index is 1.30. The zero-order chi connectivity index (χ0) is 18.8. The van der Waals surface area contributed by atoms with Crippen molar-refractivity contribution in [3.63, 3.8) is 0 Å². The predicted octanol–water partition coefficient (Wildman–Crippen LogP) is 1.89. The molecule has 5 heteroatoms. The fourth-order valence-electron chi connectivity index (χ4n) is 6.28. The lowest BCUT2D eigenvalue weighted by molar-refractivity contribution is 0.0247. The Morgan fingerprint density at radius 1 is 1.19 bits per heavy atom. The van der Waals surface area contributed by atoms with Crippen molar-refractivity contribution in [2.24, 2.45) is 11.8 Å². The van der Waals surface area contributed by atoms with Crippen LogP contribution >= 0.6 is 0 Å². The maximum atomic E-state index is 11.2. The van der Waals surface area contributed by atoms with Crippen molar-refractivity contribution in [2.45, 2.75) is 74.9 Å². The van der Waals surface area contributed by atoms with E-state index in [0.717, 1.165) is 44.9 Å². The molecular weight excluding hydrogens is 340 g/mol. The van der Waals surface area contributed by atoms with E-state index in [4.69, 9.17) is 0 Å². The highest BCUT2D eigenvalue weighted by atomic mass is 16.3. The van der Waals surface area contributed by atoms with Crippen molar-refractivity contribution in [2.75, 3.05) is 6.54 Å². The first-order valence-electron chi connectivity index (χ1n) is 10.5. The van der Waals surface area contributed by atoms with Gasteiger partial charge in [0.2, 0.25) is 0 Å². The summed E-state index contributed by atoms with van der Waals surface area (Å²) in [6.45, 7) is 3.01. The minimum absolute atomic E-state index is 0.144. The molecule has 1 saturated carbocycles. The summed E-state index contributed by atoms with van der Waals surface area (Å²) in [5.74, 6) is 0.992. The number of aliphatic hydroxyl groups is 2. The normalized spacial score (nSPS) is 46.6. The lowest BCUT2D eigenvalue weighted by atomic mass is 9.78. The van der Waals surface area contributed by atoms with E-state index in [9.17, 15) is 15.0 Å². The van der Waals surface area contributed by atoms with Crippen LogP contribution in [0.5, 0.6) is 0 Å². The number of rotatable bonds is 4. The van der Waals surface area contributed by atoms with E-state index >= 15 is 0 Å². The Bertz CT molecular complexity index is 723. The zero-order valence-corrected chi connectivity index (χ0v) is 15.9. The largest absolute Gasteiger partial charge is 0.393 e. The molecule has 27 heavy (non-hydrogen) atoms. The Kier molecular flexibility index (Phi) is 4.20. The first-order valence-corrected chi connectivity index (χ1v) is 10.5. The third-order valence-electron chi connectivity index (χ3n) is 7.97. The predicted molar refractivity (Wildman–Crippen MR) is 102 cm³/mol. The van der Waals surface area contributed by atoms with Crippen molar-refractivity contribution < 1.29 is 15.0 Å². The molecule has 3 aliphatic heterocycles. The second-order valence-corrected chi connectivity index (χ2v) is 9.25. The van der Waals surface area contributed by atoms with Gasteiger partial charge in [-0.1, -0.05) is 31.2 Å². The van der Waals surface area contributed by atoms with Crippen LogP contribution in [-0.2, 0) is 0 Å². The lowest BCUT2D eigenvalue weighted by Gasteiger charge is -2.39. The molecule has 0 amide bonds. The second-order valence-electron chi connectivity index (χ2n) is 9.25. The van der Waals surface area contributed by atoms with Gasteiger partial charge >= 0.3 is 0 Å². The molecule has 1 aromatic rings. The van der Waals surface area contributed by atoms with E-state index < -0.39 is 5.72 Å². The number of carbonyl (C=O) groups is 1. The molecule has 0 aromatic heterocycles. The fourth-order valence-corrected chi connectivity index (χ4v) is 6.28. The van der Waals surface area contributed by atoms with Gasteiger partial charge in [-0.25, -0.2) is 0 Å². The highest BCUT2D eigenvalue weighted by Crippen LogP contribution is 2.55. The summed E-state index contributed by atoms with van der Waals surface area (Å²) < 4.78 is 0. The average Bonchev–Trinajstić information content (AvgIpc) is 3.10. The molecule has 3 N–H and O–H groups in total. The van der Waals surface area contributed by atoms with Crippen molar-refractivity contribution in [3.8, 4) is 0 Å². The molecule has 1 aliphatic carbocycles. The molecule has 0 spiro atoms. The summed E-state index contributed by atoms with van der Waals surface area (Å²) >= 11 is 0. The number of carbonyl (C=O) groups excluding carboxylic acids is 1. The minimum atomic E-state index is -0.649. The topological polar surface area (TPSA) is 72.6 Å². The van der Waals surface area contributed by atoms with E-state index in [2.05, 4.69) is 17.1 Å². The van der Waals surface area contributed by atoms with Gasteiger partial charge in [0.25, 0.3) is 0 Å². The Labute approximate surface area is 160 Å². The SMILES string of the molecule is CC(c1ccc(C=O)cc1)C1CC(C2CCC3C(O)CCC3N2)C2(O)CN12. The second kappa shape index (κ2) is 6.38. The van der Waals surface area contributed by atoms with E-state index in [1.54, 1.807) is 0 Å². The van der Waals surface area contributed by atoms with E-state index in [1.165, 1.54) is 5.56 Å². The maximum Gasteiger partial charge on any atom is 0.150 e. The zero-order valence-electron chi connectivity index (χ0n) is 15.9. The van der Waals surface area contributed by atoms with Gasteiger partial charge in [-0.15, -0.1) is 0 Å². The van der Waals surface area contributed by atoms with Crippen LogP contribution in [0.25, 0.3) is 0 Å². The number of aldehydes is 1. The third-order valence-corrected chi connectivity index (χ3v) is 7.97. The van der Waals surface area contributed by atoms with Crippen LogP contribution in [0.2, 0.25) is 0 Å². The number of piperidine rings is 2. The van der Waals surface area contributed by atoms with Crippen molar-refractivity contribution in [1.29, 1.82) is 0 Å². The highest BCUT2D eigenvalue weighted by molar-refractivity contribution is 5.74. The number of nitrogens with zero attached hydrogens (tertiary/aromatic N) is 1. The first-order chi connectivity index (χ1) is 13.0. The molecule has 9 unspecified atom stereocenters. The van der Waals surface area contributed by atoms with Crippen LogP contribution < -0.4 is 5.32 Å². The van der Waals surface area contributed by atoms with Gasteiger partial charge in [-0.3, -0.25) is 9.69 Å². The molecule has 5 nitrogen and oxygen atoms in total. The van der Waals surface area contributed by atoms with Crippen LogP contribution in [0.15, 0.2) is 24.3 Å². The molecular formula is C22H30N2O3. The molecule has 9 atom stereocenters. The Hall–Kier alpha value is -1.27. The van der Waals surface area contributed by atoms with Crippen LogP contribution in [0.4, 0.5) is 0 Å². The van der Waals surface area contributed by atoms with E-state index in [-0.39, 0.29) is 12.0 Å². The van der Waals surface area contributed by atoms with Crippen LogP contribution in [-0.4, -0.2) is 57.9 Å². The number of hydrogen-bond acceptors (Lipinski definition) is 5. The monoisotopic (exact) mass is 370 g/mol. The van der Waals surface area contributed by atoms with Gasteiger partial charge in [0.05, 0.1) is 6.10 Å². The number of nitrogens with one attached hydrogen (secondary N) is 1. The fraction of sp³-hybridized carbons (Fsp3) is 0.682. The first kappa shape index (κ1) is 17.8. The molecule has 5 rings (SSSR count). The third kappa shape index (κ3) is 2.79. The van der Waals surface area contributed by atoms with Gasteiger partial charge in [0.15, 0.2) is 0 Å². The van der Waals surface area contributed by atoms with Gasteiger partial charge in [0, 0.05) is 42.1 Å². The Morgan fingerprint density at radius 3 is 2.67 bits per heavy atom. The summed E-state index contributed by atoms with van der Waals surface area (Å²) in [5, 5.41) is 25.2. The van der Waals surface area contributed by atoms with E-state index in [0.29, 0.717) is 35.5 Å². The smallest absolute Gasteiger partial charge is 0.150 e. The molecule has 3 heterocycles. The Morgan fingerprint density at radius 2 is 1.93 bits per heavy atom. The number of benzene rings is 1. The molecule has 1 aromatic carbocycles. The lowest BCUT2D eigenvalue weighted by Crippen LogP contribution is -2.52. The summed E-state index contributed by atoms with van der Waals surface area (Å²) in [4.78, 5) is 13.2. The summed E-state index contributed by atoms with van der Waals surface area (Å²) in [6.07, 6.45) is 5.83. The highest BCUT2D eigenvalue weighted by Gasteiger charge is 2.67. The van der Waals surface area contributed by atoms with Crippen LogP contribution in [0.1, 0.15) is 60.9 Å². The van der Waals surface area contributed by atoms with Crippen molar-refractivity contribution in [3.05, 3.63) is 35.4 Å². The molecule has 0 radical (unpaired) electrons. The van der Waals surface area contributed by atoms with Crippen molar-refractivity contribution in [1.82, 2.24) is 10.2 Å². The summed E-state index contributed by atoms with van der Waals surface area (Å²) in [7, 11) is 0. The van der Waals surface area contributed by atoms with Crippen LogP contribution in [0.3, 0.4) is 0 Å². The van der Waals surface area contributed by atoms with Gasteiger partial charge in [0.1, 0.15) is 12.0 Å². The summed E-state index contributed by atoms with van der Waals surface area (Å²) in [5.41, 5.74) is 1.29. The molecule has 4 aliphatic rings. The molecule has 3 saturated heterocycles. The minimum Gasteiger partial charge on any atom is -0.393 e. The average molecular weight is 370 g/mol. The summed E-state index contributed by atoms with van der Waals surface area (Å²) in [6, 6.07) is 8.97.